The summed E-state index contributed by atoms with van der Waals surface area (Å²) in [5, 5.41) is 3.36. The maximum Gasteiger partial charge on any atom is 0.313 e. The molecule has 0 aliphatic rings. The van der Waals surface area contributed by atoms with Gasteiger partial charge in [-0.1, -0.05) is 6.07 Å². The van der Waals surface area contributed by atoms with Crippen LogP contribution in [0.15, 0.2) is 71.9 Å². The molecule has 4 rings (SSSR count). The number of nitrogens with two attached hydrogens (primary N) is 1. The average Bonchev–Trinajstić information content (AvgIpc) is 3.34. The van der Waals surface area contributed by atoms with E-state index in [1.807, 2.05) is 41.9 Å². The average molecular weight is 614 g/mol. The highest BCUT2D eigenvalue weighted by Gasteiger charge is 2.25. The van der Waals surface area contributed by atoms with Crippen LogP contribution in [0, 0.1) is 5.41 Å². The molecule has 1 amide bonds. The number of anilines is 2. The van der Waals surface area contributed by atoms with Gasteiger partial charge in [0.25, 0.3) is 5.91 Å². The van der Waals surface area contributed by atoms with Gasteiger partial charge in [0.2, 0.25) is 0 Å². The first-order valence-electron chi connectivity index (χ1n) is 14.5. The summed E-state index contributed by atoms with van der Waals surface area (Å²) >= 11 is 0. The van der Waals surface area contributed by atoms with Crippen LogP contribution in [0.2, 0.25) is 0 Å². The first kappa shape index (κ1) is 32.6. The molecule has 0 aliphatic heterocycles. The van der Waals surface area contributed by atoms with E-state index in [1.54, 1.807) is 64.2 Å². The zero-order chi connectivity index (χ0) is 32.7. The number of ether oxygens (including phenoxy) is 2. The lowest BCUT2D eigenvalue weighted by Gasteiger charge is -2.21. The zero-order valence-electron chi connectivity index (χ0n) is 26.4. The molecule has 4 aromatic rings. The standard InChI is InChI=1S/C33H39N7O5/c1-21(45-32(43)33(2,3)4)37-30(34)22-10-13-24(14-11-22)36-20-28-38-25-19-23(12-15-26(25)39(28)5)31(42)40(18-16-29(41)44-6)27-9-7-8-17-35-27/h7-15,17,19,21,36H,16,18,20H2,1-6H3,(H2,34,37). The SMILES string of the molecule is COC(=O)CCN(C(=O)c1ccc2c(c1)nc(CNc1ccc(/C(N)=N/C(C)OC(=O)C(C)(C)C)cc1)n2C)c1ccccn1. The van der Waals surface area contributed by atoms with Crippen LogP contribution in [0.1, 0.15) is 55.9 Å². The lowest BCUT2D eigenvalue weighted by molar-refractivity contribution is -0.157. The third kappa shape index (κ3) is 8.22. The van der Waals surface area contributed by atoms with Crippen LogP contribution in [0.3, 0.4) is 0 Å². The van der Waals surface area contributed by atoms with Crippen LogP contribution in [-0.4, -0.2) is 58.1 Å². The number of hydrogen-bond acceptors (Lipinski definition) is 9. The summed E-state index contributed by atoms with van der Waals surface area (Å²) in [6.07, 6.45) is 0.923. The second kappa shape index (κ2) is 14.0. The molecule has 2 aromatic carbocycles. The van der Waals surface area contributed by atoms with Crippen molar-refractivity contribution in [3.63, 3.8) is 0 Å². The van der Waals surface area contributed by atoms with Crippen LogP contribution >= 0.6 is 0 Å². The van der Waals surface area contributed by atoms with Crippen LogP contribution < -0.4 is 16.0 Å². The molecule has 2 heterocycles. The monoisotopic (exact) mass is 613 g/mol. The van der Waals surface area contributed by atoms with Gasteiger partial charge in [0.15, 0.2) is 6.23 Å². The molecule has 2 aromatic heterocycles. The van der Waals surface area contributed by atoms with E-state index in [0.717, 1.165) is 17.0 Å². The topological polar surface area (TPSA) is 154 Å². The van der Waals surface area contributed by atoms with Crippen molar-refractivity contribution < 1.29 is 23.9 Å². The summed E-state index contributed by atoms with van der Waals surface area (Å²) in [6.45, 7) is 7.56. The maximum absolute atomic E-state index is 13.6. The van der Waals surface area contributed by atoms with Crippen LogP contribution in [0.4, 0.5) is 11.5 Å². The zero-order valence-corrected chi connectivity index (χ0v) is 26.4. The lowest BCUT2D eigenvalue weighted by Crippen LogP contribution is -2.33. The third-order valence-corrected chi connectivity index (χ3v) is 7.00. The number of pyridine rings is 1. The normalized spacial score (nSPS) is 12.4. The Labute approximate surface area is 262 Å². The Bertz CT molecular complexity index is 1690. The molecule has 1 unspecified atom stereocenters. The quantitative estimate of drug-likeness (QED) is 0.142. The van der Waals surface area contributed by atoms with E-state index in [1.165, 1.54) is 12.0 Å². The van der Waals surface area contributed by atoms with Crippen LogP contribution in [-0.2, 0) is 32.7 Å². The number of benzene rings is 2. The molecular weight excluding hydrogens is 574 g/mol. The Morgan fingerprint density at radius 2 is 1.78 bits per heavy atom. The van der Waals surface area contributed by atoms with Crippen molar-refractivity contribution >= 4 is 46.2 Å². The summed E-state index contributed by atoms with van der Waals surface area (Å²) in [4.78, 5) is 52.3. The van der Waals surface area contributed by atoms with Crippen LogP contribution in [0.25, 0.3) is 11.0 Å². The van der Waals surface area contributed by atoms with E-state index >= 15 is 0 Å². The lowest BCUT2D eigenvalue weighted by atomic mass is 9.97. The smallest absolute Gasteiger partial charge is 0.313 e. The third-order valence-electron chi connectivity index (χ3n) is 7.00. The Balaban J connectivity index is 1.45. The number of carbonyl (C=O) groups is 3. The number of aliphatic imine (C=N–C) groups is 1. The highest BCUT2D eigenvalue weighted by molar-refractivity contribution is 6.07. The molecule has 1 atom stereocenters. The molecule has 3 N–H and O–H groups in total. The Hall–Kier alpha value is -5.26. The first-order chi connectivity index (χ1) is 21.4. The number of fused-ring (bicyclic) bond motifs is 1. The van der Waals surface area contributed by atoms with Crippen molar-refractivity contribution in [2.24, 2.45) is 23.2 Å². The number of nitrogens with zero attached hydrogens (tertiary/aromatic N) is 5. The summed E-state index contributed by atoms with van der Waals surface area (Å²) in [5.41, 5.74) is 9.02. The van der Waals surface area contributed by atoms with Gasteiger partial charge in [0.05, 0.1) is 36.5 Å². The number of imidazole rings is 1. The molecule has 12 heteroatoms. The van der Waals surface area contributed by atoms with E-state index in [2.05, 4.69) is 15.3 Å². The van der Waals surface area contributed by atoms with Gasteiger partial charge >= 0.3 is 11.9 Å². The highest BCUT2D eigenvalue weighted by Crippen LogP contribution is 2.22. The minimum atomic E-state index is -0.708. The molecule has 0 saturated heterocycles. The predicted octanol–water partition coefficient (Wildman–Crippen LogP) is 4.43. The van der Waals surface area contributed by atoms with Crippen LogP contribution in [0.5, 0.6) is 0 Å². The number of esters is 2. The maximum atomic E-state index is 13.6. The van der Waals surface area contributed by atoms with Gasteiger partial charge in [0.1, 0.15) is 17.5 Å². The fraction of sp³-hybridized carbons (Fsp3) is 0.333. The summed E-state index contributed by atoms with van der Waals surface area (Å²) in [5.74, 6) is 0.410. The molecule has 0 aliphatic carbocycles. The number of rotatable bonds is 11. The van der Waals surface area contributed by atoms with Crippen molar-refractivity contribution in [1.29, 1.82) is 0 Å². The van der Waals surface area contributed by atoms with Crippen molar-refractivity contribution in [3.8, 4) is 0 Å². The summed E-state index contributed by atoms with van der Waals surface area (Å²) in [7, 11) is 3.23. The number of aromatic nitrogens is 3. The number of methoxy groups -OCH3 is 1. The van der Waals surface area contributed by atoms with Gasteiger partial charge in [-0.25, -0.2) is 15.0 Å². The van der Waals surface area contributed by atoms with E-state index in [9.17, 15) is 14.4 Å². The predicted molar refractivity (Wildman–Crippen MR) is 173 cm³/mol. The van der Waals surface area contributed by atoms with E-state index in [4.69, 9.17) is 20.2 Å². The number of amides is 1. The van der Waals surface area contributed by atoms with Gasteiger partial charge in [-0.2, -0.15) is 0 Å². The van der Waals surface area contributed by atoms with Gasteiger partial charge in [-0.15, -0.1) is 0 Å². The molecule has 236 valence electrons. The molecule has 0 saturated carbocycles. The number of aryl methyl sites for hydroxylation is 1. The van der Waals surface area contributed by atoms with E-state index < -0.39 is 17.6 Å². The number of amidine groups is 1. The number of hydrogen-bond donors (Lipinski definition) is 2. The van der Waals surface area contributed by atoms with Gasteiger partial charge in [-0.3, -0.25) is 19.3 Å². The Morgan fingerprint density at radius 1 is 1.07 bits per heavy atom. The van der Waals surface area contributed by atoms with Crippen molar-refractivity contribution in [1.82, 2.24) is 14.5 Å². The fourth-order valence-electron chi connectivity index (χ4n) is 4.40. The van der Waals surface area contributed by atoms with E-state index in [0.29, 0.717) is 29.0 Å². The first-order valence-corrected chi connectivity index (χ1v) is 14.5. The second-order valence-electron chi connectivity index (χ2n) is 11.5. The van der Waals surface area contributed by atoms with Crippen molar-refractivity contribution in [2.75, 3.05) is 23.9 Å². The van der Waals surface area contributed by atoms with Gasteiger partial charge in [0, 0.05) is 36.6 Å². The van der Waals surface area contributed by atoms with Gasteiger partial charge < -0.3 is 25.1 Å². The van der Waals surface area contributed by atoms with E-state index in [-0.39, 0.29) is 30.7 Å². The molecule has 12 nitrogen and oxygen atoms in total. The Morgan fingerprint density at radius 3 is 2.42 bits per heavy atom. The molecule has 0 bridgehead atoms. The molecule has 45 heavy (non-hydrogen) atoms. The molecular formula is C33H39N7O5. The van der Waals surface area contributed by atoms with Gasteiger partial charge in [-0.05, 0) is 82.3 Å². The molecule has 0 spiro atoms. The largest absolute Gasteiger partial charge is 0.469 e. The highest BCUT2D eigenvalue weighted by atomic mass is 16.6. The minimum absolute atomic E-state index is 0.0346. The Kier molecular flexibility index (Phi) is 10.2. The summed E-state index contributed by atoms with van der Waals surface area (Å²) in [6, 6.07) is 18.0. The number of nitrogens with one attached hydrogen (secondary N) is 1. The molecule has 0 radical (unpaired) electrons. The van der Waals surface area contributed by atoms with Crippen molar-refractivity contribution in [2.45, 2.75) is 46.9 Å². The molecule has 0 fully saturated rings. The number of carbonyl (C=O) groups excluding carboxylic acids is 3. The minimum Gasteiger partial charge on any atom is -0.469 e. The second-order valence-corrected chi connectivity index (χ2v) is 11.5. The summed E-state index contributed by atoms with van der Waals surface area (Å²) < 4.78 is 12.1. The fourth-order valence-corrected chi connectivity index (χ4v) is 4.40. The van der Waals surface area contributed by atoms with Crippen molar-refractivity contribution in [3.05, 3.63) is 83.8 Å².